The van der Waals surface area contributed by atoms with Crippen LogP contribution in [-0.4, -0.2) is 20.9 Å². The third-order valence-electron chi connectivity index (χ3n) is 3.31. The molecular weight excluding hydrogens is 332 g/mol. The predicted octanol–water partition coefficient (Wildman–Crippen LogP) is 3.18. The van der Waals surface area contributed by atoms with Crippen molar-refractivity contribution in [2.24, 2.45) is 10.2 Å². The van der Waals surface area contributed by atoms with Crippen LogP contribution in [0.15, 0.2) is 39.3 Å². The highest BCUT2D eigenvalue weighted by Crippen LogP contribution is 2.27. The molecule has 0 amide bonds. The van der Waals surface area contributed by atoms with Crippen molar-refractivity contribution in [1.29, 1.82) is 5.26 Å². The first-order chi connectivity index (χ1) is 11.3. The third kappa shape index (κ3) is 3.62. The highest BCUT2D eigenvalue weighted by molar-refractivity contribution is 6.30. The molecule has 24 heavy (non-hydrogen) atoms. The van der Waals surface area contributed by atoms with Gasteiger partial charge >= 0.3 is 0 Å². The molecule has 1 unspecified atom stereocenters. The summed E-state index contributed by atoms with van der Waals surface area (Å²) in [5.74, 6) is -0.494. The van der Waals surface area contributed by atoms with Crippen molar-refractivity contribution in [3.8, 4) is 11.9 Å². The topological polar surface area (TPSA) is 111 Å². The maximum Gasteiger partial charge on any atom is 0.281 e. The molecule has 0 saturated carbocycles. The summed E-state index contributed by atoms with van der Waals surface area (Å²) in [6, 6.07) is 8.35. The van der Waals surface area contributed by atoms with Gasteiger partial charge in [0.15, 0.2) is 5.69 Å². The number of rotatable bonds is 4. The predicted molar refractivity (Wildman–Crippen MR) is 89.1 cm³/mol. The van der Waals surface area contributed by atoms with E-state index in [1.807, 2.05) is 6.07 Å². The van der Waals surface area contributed by atoms with E-state index in [4.69, 9.17) is 11.6 Å². The molecule has 0 fully saturated rings. The zero-order valence-electron chi connectivity index (χ0n) is 13.1. The number of aromatic nitrogens is 1. The maximum atomic E-state index is 12.5. The zero-order chi connectivity index (χ0) is 17.9. The van der Waals surface area contributed by atoms with Crippen molar-refractivity contribution in [2.45, 2.75) is 26.5 Å². The van der Waals surface area contributed by atoms with Crippen molar-refractivity contribution in [2.75, 3.05) is 0 Å². The van der Waals surface area contributed by atoms with Gasteiger partial charge in [-0.25, -0.2) is 0 Å². The van der Waals surface area contributed by atoms with E-state index in [9.17, 15) is 20.3 Å². The highest BCUT2D eigenvalue weighted by Gasteiger charge is 2.19. The molecule has 0 spiro atoms. The normalized spacial score (nSPS) is 12.3. The van der Waals surface area contributed by atoms with E-state index >= 15 is 0 Å². The number of aliphatic hydroxyl groups is 1. The summed E-state index contributed by atoms with van der Waals surface area (Å²) in [6.07, 6.45) is -0.885. The van der Waals surface area contributed by atoms with E-state index in [0.717, 1.165) is 4.57 Å². The second-order valence-electron chi connectivity index (χ2n) is 5.23. The molecule has 0 saturated heterocycles. The molecule has 124 valence electrons. The summed E-state index contributed by atoms with van der Waals surface area (Å²) in [6.45, 7) is 2.80. The Bertz CT molecular complexity index is 880. The molecule has 1 atom stereocenters. The first-order valence-corrected chi connectivity index (χ1v) is 7.44. The fourth-order valence-electron chi connectivity index (χ4n) is 2.11. The molecule has 1 aromatic carbocycles. The molecule has 0 aliphatic rings. The molecule has 2 rings (SSSR count). The number of halogens is 1. The summed E-state index contributed by atoms with van der Waals surface area (Å²) in [5, 5.41) is 37.2. The van der Waals surface area contributed by atoms with Crippen LogP contribution in [0.4, 0.5) is 11.4 Å². The van der Waals surface area contributed by atoms with E-state index < -0.39 is 17.5 Å². The number of pyridine rings is 1. The summed E-state index contributed by atoms with van der Waals surface area (Å²) in [5.41, 5.74) is -0.0886. The first kappa shape index (κ1) is 17.7. The van der Waals surface area contributed by atoms with Gasteiger partial charge in [0.1, 0.15) is 11.6 Å². The van der Waals surface area contributed by atoms with Gasteiger partial charge in [-0.3, -0.25) is 9.36 Å². The van der Waals surface area contributed by atoms with Crippen molar-refractivity contribution in [1.82, 2.24) is 4.57 Å². The van der Waals surface area contributed by atoms with Crippen LogP contribution in [-0.2, 0) is 6.54 Å². The Hall–Kier alpha value is -2.69. The highest BCUT2D eigenvalue weighted by atomic mass is 35.5. The fourth-order valence-corrected chi connectivity index (χ4v) is 2.23. The van der Waals surface area contributed by atoms with Crippen molar-refractivity contribution < 1.29 is 10.2 Å². The third-order valence-corrected chi connectivity index (χ3v) is 3.56. The van der Waals surface area contributed by atoms with E-state index in [-0.39, 0.29) is 23.4 Å². The molecule has 2 aromatic rings. The standard InChI is InChI=1S/C16H15ClN4O3/c1-9(22)8-21-15(23)13(7-18)10(2)14(16(21)24)20-19-12-5-3-11(17)4-6-12/h3-6,9,22-23H,8H2,1-2H3. The molecular formula is C16H15ClN4O3. The molecule has 0 aliphatic heterocycles. The van der Waals surface area contributed by atoms with Gasteiger partial charge < -0.3 is 10.2 Å². The Morgan fingerprint density at radius 1 is 1.33 bits per heavy atom. The number of nitriles is 1. The smallest absolute Gasteiger partial charge is 0.281 e. The van der Waals surface area contributed by atoms with Gasteiger partial charge in [0.2, 0.25) is 5.88 Å². The Morgan fingerprint density at radius 2 is 1.96 bits per heavy atom. The average Bonchev–Trinajstić information content (AvgIpc) is 2.53. The lowest BCUT2D eigenvalue weighted by atomic mass is 10.1. The Kier molecular flexibility index (Phi) is 5.34. The van der Waals surface area contributed by atoms with E-state index in [1.165, 1.54) is 13.8 Å². The van der Waals surface area contributed by atoms with Gasteiger partial charge in [-0.1, -0.05) is 11.6 Å². The number of nitrogens with zero attached hydrogens (tertiary/aromatic N) is 4. The minimum Gasteiger partial charge on any atom is -0.493 e. The SMILES string of the molecule is Cc1c(C#N)c(O)n(CC(C)O)c(=O)c1N=Nc1ccc(Cl)cc1. The Morgan fingerprint density at radius 3 is 2.50 bits per heavy atom. The number of azo groups is 1. The van der Waals surface area contributed by atoms with Crippen LogP contribution in [0, 0.1) is 18.3 Å². The van der Waals surface area contributed by atoms with E-state index in [0.29, 0.717) is 10.7 Å². The molecule has 0 aliphatic carbocycles. The summed E-state index contributed by atoms with van der Waals surface area (Å²) in [4.78, 5) is 12.5. The second-order valence-corrected chi connectivity index (χ2v) is 5.66. The summed E-state index contributed by atoms with van der Waals surface area (Å²) in [7, 11) is 0. The van der Waals surface area contributed by atoms with Gasteiger partial charge in [-0.2, -0.15) is 10.4 Å². The number of aromatic hydroxyl groups is 1. The quantitative estimate of drug-likeness (QED) is 0.828. The van der Waals surface area contributed by atoms with Gasteiger partial charge in [0, 0.05) is 10.6 Å². The molecule has 2 N–H and O–H groups in total. The average molecular weight is 347 g/mol. The van der Waals surface area contributed by atoms with Crippen LogP contribution in [0.3, 0.4) is 0 Å². The first-order valence-electron chi connectivity index (χ1n) is 7.07. The number of aliphatic hydroxyl groups excluding tert-OH is 1. The monoisotopic (exact) mass is 346 g/mol. The molecule has 1 heterocycles. The van der Waals surface area contributed by atoms with Crippen molar-refractivity contribution in [3.63, 3.8) is 0 Å². The molecule has 0 radical (unpaired) electrons. The van der Waals surface area contributed by atoms with Crippen LogP contribution in [0.5, 0.6) is 5.88 Å². The van der Waals surface area contributed by atoms with Crippen LogP contribution in [0.2, 0.25) is 5.02 Å². The zero-order valence-corrected chi connectivity index (χ0v) is 13.8. The number of hydrogen-bond donors (Lipinski definition) is 2. The van der Waals surface area contributed by atoms with Crippen LogP contribution in [0.1, 0.15) is 18.1 Å². The van der Waals surface area contributed by atoms with Crippen molar-refractivity contribution >= 4 is 23.0 Å². The number of benzene rings is 1. The van der Waals surface area contributed by atoms with Crippen LogP contribution < -0.4 is 5.56 Å². The molecule has 8 heteroatoms. The minimum atomic E-state index is -0.885. The molecule has 7 nitrogen and oxygen atoms in total. The maximum absolute atomic E-state index is 12.5. The molecule has 1 aromatic heterocycles. The van der Waals surface area contributed by atoms with Gasteiger partial charge in [-0.15, -0.1) is 5.11 Å². The lowest BCUT2D eigenvalue weighted by molar-refractivity contribution is 0.167. The summed E-state index contributed by atoms with van der Waals surface area (Å²) < 4.78 is 0.909. The van der Waals surface area contributed by atoms with E-state index in [2.05, 4.69) is 10.2 Å². The number of hydrogen-bond acceptors (Lipinski definition) is 6. The Balaban J connectivity index is 2.58. The van der Waals surface area contributed by atoms with E-state index in [1.54, 1.807) is 24.3 Å². The lowest BCUT2D eigenvalue weighted by Gasteiger charge is -2.14. The van der Waals surface area contributed by atoms with Crippen LogP contribution >= 0.6 is 11.6 Å². The van der Waals surface area contributed by atoms with Crippen LogP contribution in [0.25, 0.3) is 0 Å². The largest absolute Gasteiger partial charge is 0.493 e. The molecule has 0 bridgehead atoms. The Labute approximate surface area is 143 Å². The summed E-state index contributed by atoms with van der Waals surface area (Å²) >= 11 is 5.79. The van der Waals surface area contributed by atoms with Gasteiger partial charge in [0.25, 0.3) is 5.56 Å². The van der Waals surface area contributed by atoms with Crippen molar-refractivity contribution in [3.05, 3.63) is 50.8 Å². The minimum absolute atomic E-state index is 0.0695. The van der Waals surface area contributed by atoms with Gasteiger partial charge in [-0.05, 0) is 38.1 Å². The van der Waals surface area contributed by atoms with Gasteiger partial charge in [0.05, 0.1) is 18.3 Å². The second kappa shape index (κ2) is 7.25. The lowest BCUT2D eigenvalue weighted by Crippen LogP contribution is -2.26. The fraction of sp³-hybridized carbons (Fsp3) is 0.250.